The molecule has 3 heteroatoms. The number of rotatable bonds is 1. The number of hydrogen-bond acceptors (Lipinski definition) is 2. The Morgan fingerprint density at radius 3 is 2.50 bits per heavy atom. The molecule has 0 aliphatic rings. The summed E-state index contributed by atoms with van der Waals surface area (Å²) in [4.78, 5) is 0. The number of benzene rings is 1. The molecule has 1 aromatic carbocycles. The van der Waals surface area contributed by atoms with Gasteiger partial charge in [0.1, 0.15) is 19.3 Å². The molecule has 12 heavy (non-hydrogen) atoms. The fourth-order valence-electron chi connectivity index (χ4n) is 1.22. The van der Waals surface area contributed by atoms with E-state index in [0.717, 1.165) is 23.0 Å². The van der Waals surface area contributed by atoms with E-state index < -0.39 is 0 Å². The monoisotopic (exact) mass is 164 g/mol. The fourth-order valence-corrected chi connectivity index (χ4v) is 1.22. The molecule has 2 nitrogen and oxygen atoms in total. The number of hydrogen-bond donors (Lipinski definition) is 2. The van der Waals surface area contributed by atoms with Crippen LogP contribution < -0.4 is 5.46 Å². The van der Waals surface area contributed by atoms with Gasteiger partial charge in [-0.15, -0.1) is 0 Å². The summed E-state index contributed by atoms with van der Waals surface area (Å²) in [7, 11) is 1.81. The molecule has 0 radical (unpaired) electrons. The van der Waals surface area contributed by atoms with E-state index >= 15 is 0 Å². The third-order valence-corrected chi connectivity index (χ3v) is 2.30. The van der Waals surface area contributed by atoms with Crippen LogP contribution in [0.5, 0.6) is 11.5 Å². The predicted molar refractivity (Wildman–Crippen MR) is 52.1 cm³/mol. The molecule has 2 N–H and O–H groups in total. The smallest absolute Gasteiger partial charge is 0.144 e. The zero-order chi connectivity index (χ0) is 9.30. The molecule has 0 bridgehead atoms. The second kappa shape index (κ2) is 3.09. The quantitative estimate of drug-likeness (QED) is 0.460. The lowest BCUT2D eigenvalue weighted by Gasteiger charge is -2.09. The molecular formula is C9H13BO2. The largest absolute Gasteiger partial charge is 0.508 e. The van der Waals surface area contributed by atoms with Crippen molar-refractivity contribution >= 4 is 13.3 Å². The molecule has 0 unspecified atom stereocenters. The maximum Gasteiger partial charge on any atom is 0.144 e. The first-order valence-corrected chi connectivity index (χ1v) is 4.09. The van der Waals surface area contributed by atoms with Crippen LogP contribution in [0.3, 0.4) is 0 Å². The Labute approximate surface area is 73.3 Å². The van der Waals surface area contributed by atoms with Crippen molar-refractivity contribution in [2.24, 2.45) is 0 Å². The van der Waals surface area contributed by atoms with Gasteiger partial charge in [0, 0.05) is 0 Å². The Kier molecular flexibility index (Phi) is 2.31. The molecule has 1 aromatic rings. The van der Waals surface area contributed by atoms with E-state index in [4.69, 9.17) is 0 Å². The lowest BCUT2D eigenvalue weighted by Crippen LogP contribution is -2.09. The van der Waals surface area contributed by atoms with Crippen molar-refractivity contribution in [3.05, 3.63) is 17.2 Å². The van der Waals surface area contributed by atoms with Crippen LogP contribution in [0.15, 0.2) is 6.07 Å². The standard InChI is InChI=1S/C9H13BO2/c1-3-6-4-7(11)5(2)8(10)9(6)12/h4,11-12H,3,10H2,1-2H3. The zero-order valence-electron chi connectivity index (χ0n) is 7.68. The molecular weight excluding hydrogens is 151 g/mol. The third-order valence-electron chi connectivity index (χ3n) is 2.30. The fraction of sp³-hybridized carbons (Fsp3) is 0.333. The summed E-state index contributed by atoms with van der Waals surface area (Å²) in [6.07, 6.45) is 0.737. The van der Waals surface area contributed by atoms with Gasteiger partial charge in [0.25, 0.3) is 0 Å². The van der Waals surface area contributed by atoms with Gasteiger partial charge in [-0.3, -0.25) is 0 Å². The van der Waals surface area contributed by atoms with Crippen LogP contribution in [-0.4, -0.2) is 18.1 Å². The van der Waals surface area contributed by atoms with E-state index in [1.807, 2.05) is 14.8 Å². The maximum absolute atomic E-state index is 9.59. The van der Waals surface area contributed by atoms with E-state index in [0.29, 0.717) is 5.75 Å². The first-order valence-electron chi connectivity index (χ1n) is 4.09. The van der Waals surface area contributed by atoms with Crippen LogP contribution in [0, 0.1) is 6.92 Å². The number of aryl methyl sites for hydroxylation is 1. The highest BCUT2D eigenvalue weighted by molar-refractivity contribution is 6.35. The van der Waals surface area contributed by atoms with E-state index in [2.05, 4.69) is 0 Å². The van der Waals surface area contributed by atoms with Crippen LogP contribution in [0.2, 0.25) is 0 Å². The molecule has 64 valence electrons. The highest BCUT2D eigenvalue weighted by Crippen LogP contribution is 2.23. The van der Waals surface area contributed by atoms with Crippen molar-refractivity contribution in [3.8, 4) is 11.5 Å². The molecule has 0 amide bonds. The highest BCUT2D eigenvalue weighted by Gasteiger charge is 2.08. The van der Waals surface area contributed by atoms with Crippen molar-refractivity contribution < 1.29 is 10.2 Å². The molecule has 0 saturated heterocycles. The van der Waals surface area contributed by atoms with Gasteiger partial charge >= 0.3 is 0 Å². The number of phenolic OH excluding ortho intramolecular Hbond substituents is 2. The molecule has 0 aromatic heterocycles. The average molecular weight is 164 g/mol. The van der Waals surface area contributed by atoms with Crippen LogP contribution >= 0.6 is 0 Å². The Morgan fingerprint density at radius 2 is 2.00 bits per heavy atom. The predicted octanol–water partition coefficient (Wildman–Crippen LogP) is 0.227. The number of phenols is 2. The normalized spacial score (nSPS) is 10.2. The van der Waals surface area contributed by atoms with E-state index in [-0.39, 0.29) is 5.75 Å². The van der Waals surface area contributed by atoms with Crippen LogP contribution in [0.4, 0.5) is 0 Å². The van der Waals surface area contributed by atoms with Gasteiger partial charge < -0.3 is 10.2 Å². The molecule has 0 saturated carbocycles. The molecule has 1 rings (SSSR count). The van der Waals surface area contributed by atoms with Gasteiger partial charge in [-0.2, -0.15) is 0 Å². The topological polar surface area (TPSA) is 40.5 Å². The second-order valence-corrected chi connectivity index (χ2v) is 3.01. The minimum absolute atomic E-state index is 0.266. The SMILES string of the molecule is Bc1c(C)c(O)cc(CC)c1O. The number of aromatic hydroxyl groups is 2. The molecule has 0 aliphatic heterocycles. The van der Waals surface area contributed by atoms with E-state index in [9.17, 15) is 10.2 Å². The Morgan fingerprint density at radius 1 is 1.42 bits per heavy atom. The molecule has 0 spiro atoms. The summed E-state index contributed by atoms with van der Waals surface area (Å²) < 4.78 is 0. The van der Waals surface area contributed by atoms with Gasteiger partial charge in [-0.25, -0.2) is 0 Å². The van der Waals surface area contributed by atoms with Gasteiger partial charge in [0.05, 0.1) is 0 Å². The minimum atomic E-state index is 0.266. The first kappa shape index (κ1) is 8.98. The van der Waals surface area contributed by atoms with Crippen molar-refractivity contribution in [2.45, 2.75) is 20.3 Å². The molecule has 0 atom stereocenters. The van der Waals surface area contributed by atoms with Crippen molar-refractivity contribution in [3.63, 3.8) is 0 Å². The lowest BCUT2D eigenvalue weighted by molar-refractivity contribution is 0.455. The highest BCUT2D eigenvalue weighted by atomic mass is 16.3. The molecule has 0 heterocycles. The summed E-state index contributed by atoms with van der Waals surface area (Å²) in [5.74, 6) is 0.579. The van der Waals surface area contributed by atoms with Crippen LogP contribution in [0.1, 0.15) is 18.1 Å². The van der Waals surface area contributed by atoms with Crippen LogP contribution in [0.25, 0.3) is 0 Å². The Bertz CT molecular complexity index is 308. The summed E-state index contributed by atoms with van der Waals surface area (Å²) in [5, 5.41) is 19.0. The van der Waals surface area contributed by atoms with Gasteiger partial charge in [-0.05, 0) is 36.0 Å². The summed E-state index contributed by atoms with van der Waals surface area (Å²) >= 11 is 0. The van der Waals surface area contributed by atoms with E-state index in [1.165, 1.54) is 0 Å². The lowest BCUT2D eigenvalue weighted by atomic mass is 9.87. The summed E-state index contributed by atoms with van der Waals surface area (Å²) in [5.41, 5.74) is 2.33. The van der Waals surface area contributed by atoms with Crippen LogP contribution in [-0.2, 0) is 6.42 Å². The third kappa shape index (κ3) is 1.27. The van der Waals surface area contributed by atoms with Crippen molar-refractivity contribution in [2.75, 3.05) is 0 Å². The van der Waals surface area contributed by atoms with Crippen molar-refractivity contribution in [1.82, 2.24) is 0 Å². The Balaban J connectivity index is 3.39. The van der Waals surface area contributed by atoms with Gasteiger partial charge in [0.15, 0.2) is 0 Å². The second-order valence-electron chi connectivity index (χ2n) is 3.01. The van der Waals surface area contributed by atoms with E-state index in [1.54, 1.807) is 13.0 Å². The molecule has 0 fully saturated rings. The van der Waals surface area contributed by atoms with Gasteiger partial charge in [0.2, 0.25) is 0 Å². The summed E-state index contributed by atoms with van der Waals surface area (Å²) in [6, 6.07) is 1.62. The summed E-state index contributed by atoms with van der Waals surface area (Å²) in [6.45, 7) is 3.74. The zero-order valence-corrected chi connectivity index (χ0v) is 7.68. The van der Waals surface area contributed by atoms with Crippen molar-refractivity contribution in [1.29, 1.82) is 0 Å². The Hall–Kier alpha value is -1.12. The minimum Gasteiger partial charge on any atom is -0.508 e. The van der Waals surface area contributed by atoms with Gasteiger partial charge in [-0.1, -0.05) is 6.92 Å². The first-order chi connectivity index (χ1) is 5.57. The maximum atomic E-state index is 9.59. The molecule has 0 aliphatic carbocycles. The average Bonchev–Trinajstić information content (AvgIpc) is 2.08.